The van der Waals surface area contributed by atoms with Gasteiger partial charge in [0.05, 0.1) is 29.8 Å². The molecule has 0 bridgehead atoms. The van der Waals surface area contributed by atoms with Gasteiger partial charge in [0.2, 0.25) is 5.91 Å². The van der Waals surface area contributed by atoms with Crippen LogP contribution < -0.4 is 5.32 Å². The van der Waals surface area contributed by atoms with Crippen molar-refractivity contribution in [3.05, 3.63) is 118 Å². The Hall–Kier alpha value is -3.52. The molecule has 3 heterocycles. The number of imidazole rings is 1. The average molecular weight is 569 g/mol. The summed E-state index contributed by atoms with van der Waals surface area (Å²) in [7, 11) is 0. The number of hydrogen-bond donors (Lipinski definition) is 1. The molecule has 212 valence electrons. The smallest absolute Gasteiger partial charge is 0.241 e. The third-order valence-corrected chi connectivity index (χ3v) is 8.49. The van der Waals surface area contributed by atoms with Gasteiger partial charge in [-0.1, -0.05) is 54.1 Å². The minimum atomic E-state index is -0.297. The maximum atomic E-state index is 14.2. The number of nitrogens with one attached hydrogen (secondary N) is 1. The predicted octanol–water partition coefficient (Wildman–Crippen LogP) is 4.82. The van der Waals surface area contributed by atoms with Crippen LogP contribution in [0.15, 0.2) is 79.4 Å². The van der Waals surface area contributed by atoms with E-state index in [1.165, 1.54) is 16.7 Å². The maximum Gasteiger partial charge on any atom is 0.241 e. The molecule has 1 aliphatic heterocycles. The van der Waals surface area contributed by atoms with Gasteiger partial charge in [0.15, 0.2) is 0 Å². The molecule has 4 aromatic rings. The van der Waals surface area contributed by atoms with E-state index in [4.69, 9.17) is 16.6 Å². The molecule has 8 heteroatoms. The van der Waals surface area contributed by atoms with Crippen LogP contribution in [0, 0.1) is 6.92 Å². The van der Waals surface area contributed by atoms with E-state index in [2.05, 4.69) is 50.1 Å². The first-order valence-electron chi connectivity index (χ1n) is 14.6. The topological polar surface area (TPSA) is 66.3 Å². The molecule has 7 nitrogen and oxygen atoms in total. The Kier molecular flexibility index (Phi) is 8.46. The lowest BCUT2D eigenvalue weighted by Crippen LogP contribution is -2.58. The van der Waals surface area contributed by atoms with Crippen molar-refractivity contribution in [3.8, 4) is 0 Å². The van der Waals surface area contributed by atoms with Crippen molar-refractivity contribution in [2.24, 2.45) is 0 Å². The molecule has 6 rings (SSSR count). The molecular weight excluding hydrogens is 532 g/mol. The highest BCUT2D eigenvalue weighted by Gasteiger charge is 2.36. The number of halogens is 1. The summed E-state index contributed by atoms with van der Waals surface area (Å²) in [5.74, 6) is 0.145. The molecule has 0 saturated carbocycles. The number of aryl methyl sites for hydroxylation is 4. The first kappa shape index (κ1) is 27.6. The van der Waals surface area contributed by atoms with Crippen LogP contribution in [0.4, 0.5) is 0 Å². The van der Waals surface area contributed by atoms with Gasteiger partial charge in [-0.25, -0.2) is 4.98 Å². The number of benzene rings is 2. The maximum absolute atomic E-state index is 14.2. The van der Waals surface area contributed by atoms with Gasteiger partial charge in [-0.15, -0.1) is 0 Å². The summed E-state index contributed by atoms with van der Waals surface area (Å²) in [6, 6.07) is 20.4. The van der Waals surface area contributed by atoms with Gasteiger partial charge < -0.3 is 14.8 Å². The standard InChI is InChI=1S/C33H37ClN6O/c1-24-20-38(23-37-24)16-6-17-40(21-25-7-3-2-4-8-25)33(41)30-22-39(18-15-35-30)32-29-13-12-28(34)19-27(29)11-10-26-9-5-14-36-31(26)32/h2-5,7-9,12-14,19-20,23,30,32,35H,6,10-11,15-18,21-22H2,1H3/t30-,32-/m1/s1. The fourth-order valence-corrected chi connectivity index (χ4v) is 6.45. The largest absolute Gasteiger partial charge is 0.337 e. The van der Waals surface area contributed by atoms with Crippen molar-refractivity contribution in [1.29, 1.82) is 0 Å². The van der Waals surface area contributed by atoms with Gasteiger partial charge in [0, 0.05) is 56.7 Å². The fourth-order valence-electron chi connectivity index (χ4n) is 6.25. The quantitative estimate of drug-likeness (QED) is 0.330. The van der Waals surface area contributed by atoms with E-state index >= 15 is 0 Å². The van der Waals surface area contributed by atoms with E-state index in [1.807, 2.05) is 60.9 Å². The Morgan fingerprint density at radius 1 is 1.07 bits per heavy atom. The Morgan fingerprint density at radius 2 is 1.93 bits per heavy atom. The van der Waals surface area contributed by atoms with Crippen LogP contribution in [0.2, 0.25) is 5.02 Å². The van der Waals surface area contributed by atoms with Crippen molar-refractivity contribution < 1.29 is 4.79 Å². The monoisotopic (exact) mass is 568 g/mol. The number of carbonyl (C=O) groups excluding carboxylic acids is 1. The highest BCUT2D eigenvalue weighted by Crippen LogP contribution is 2.37. The van der Waals surface area contributed by atoms with Crippen LogP contribution in [0.3, 0.4) is 0 Å². The van der Waals surface area contributed by atoms with Gasteiger partial charge >= 0.3 is 0 Å². The van der Waals surface area contributed by atoms with Crippen LogP contribution in [0.5, 0.6) is 0 Å². The molecule has 0 spiro atoms. The van der Waals surface area contributed by atoms with Crippen molar-refractivity contribution in [2.75, 3.05) is 26.2 Å². The molecule has 2 aromatic carbocycles. The van der Waals surface area contributed by atoms with Gasteiger partial charge in [0.1, 0.15) is 0 Å². The zero-order valence-corrected chi connectivity index (χ0v) is 24.3. The summed E-state index contributed by atoms with van der Waals surface area (Å²) in [5.41, 5.74) is 7.02. The lowest BCUT2D eigenvalue weighted by Gasteiger charge is -2.40. The normalized spacial score (nSPS) is 18.8. The summed E-state index contributed by atoms with van der Waals surface area (Å²) < 4.78 is 2.10. The molecule has 2 atom stereocenters. The fraction of sp³-hybridized carbons (Fsp3) is 0.364. The lowest BCUT2D eigenvalue weighted by molar-refractivity contribution is -0.135. The number of nitrogens with zero attached hydrogens (tertiary/aromatic N) is 5. The number of amides is 1. The molecule has 0 unspecified atom stereocenters. The Morgan fingerprint density at radius 3 is 2.76 bits per heavy atom. The van der Waals surface area contributed by atoms with Crippen LogP contribution in [0.25, 0.3) is 0 Å². The molecule has 1 saturated heterocycles. The minimum absolute atomic E-state index is 0.00887. The summed E-state index contributed by atoms with van der Waals surface area (Å²) in [5, 5.41) is 4.31. The Bertz CT molecular complexity index is 1490. The third-order valence-electron chi connectivity index (χ3n) is 8.25. The zero-order valence-electron chi connectivity index (χ0n) is 23.5. The van der Waals surface area contributed by atoms with Crippen LogP contribution in [-0.4, -0.2) is 62.5 Å². The minimum Gasteiger partial charge on any atom is -0.337 e. The highest BCUT2D eigenvalue weighted by atomic mass is 35.5. The second-order valence-corrected chi connectivity index (χ2v) is 11.6. The Balaban J connectivity index is 1.24. The number of aromatic nitrogens is 3. The van der Waals surface area contributed by atoms with Gasteiger partial charge in [-0.05, 0) is 66.6 Å². The second kappa shape index (κ2) is 12.6. The molecule has 2 aromatic heterocycles. The van der Waals surface area contributed by atoms with Crippen molar-refractivity contribution in [3.63, 3.8) is 0 Å². The van der Waals surface area contributed by atoms with Crippen molar-refractivity contribution >= 4 is 17.5 Å². The molecule has 1 aliphatic carbocycles. The van der Waals surface area contributed by atoms with E-state index < -0.39 is 0 Å². The number of piperazine rings is 1. The Labute approximate surface area is 247 Å². The molecular formula is C33H37ClN6O. The predicted molar refractivity (Wildman–Crippen MR) is 162 cm³/mol. The van der Waals surface area contributed by atoms with E-state index in [1.54, 1.807) is 0 Å². The first-order valence-corrected chi connectivity index (χ1v) is 14.9. The molecule has 1 amide bonds. The van der Waals surface area contributed by atoms with E-state index in [0.717, 1.165) is 60.9 Å². The van der Waals surface area contributed by atoms with Gasteiger partial charge in [-0.3, -0.25) is 14.7 Å². The average Bonchev–Trinajstić information content (AvgIpc) is 3.34. The highest BCUT2D eigenvalue weighted by molar-refractivity contribution is 6.30. The summed E-state index contributed by atoms with van der Waals surface area (Å²) in [6.07, 6.45) is 8.53. The molecule has 1 fully saturated rings. The number of hydrogen-bond acceptors (Lipinski definition) is 5. The molecule has 0 radical (unpaired) electrons. The zero-order chi connectivity index (χ0) is 28.2. The van der Waals surface area contributed by atoms with Crippen LogP contribution >= 0.6 is 11.6 Å². The summed E-state index contributed by atoms with van der Waals surface area (Å²) in [4.78, 5) is 27.9. The van der Waals surface area contributed by atoms with E-state index in [0.29, 0.717) is 19.6 Å². The van der Waals surface area contributed by atoms with Crippen molar-refractivity contribution in [1.82, 2.24) is 29.7 Å². The van der Waals surface area contributed by atoms with Gasteiger partial charge in [-0.2, -0.15) is 0 Å². The molecule has 2 aliphatic rings. The van der Waals surface area contributed by atoms with Crippen LogP contribution in [0.1, 0.15) is 46.1 Å². The van der Waals surface area contributed by atoms with E-state index in [9.17, 15) is 4.79 Å². The number of carbonyl (C=O) groups is 1. The third kappa shape index (κ3) is 6.38. The number of rotatable bonds is 8. The first-order chi connectivity index (χ1) is 20.0. The molecule has 1 N–H and O–H groups in total. The summed E-state index contributed by atoms with van der Waals surface area (Å²) >= 11 is 6.43. The second-order valence-electron chi connectivity index (χ2n) is 11.1. The lowest BCUT2D eigenvalue weighted by atomic mass is 9.95. The van der Waals surface area contributed by atoms with Crippen LogP contribution in [-0.2, 0) is 30.7 Å². The summed E-state index contributed by atoms with van der Waals surface area (Å²) in [6.45, 7) is 6.30. The SMILES string of the molecule is Cc1cn(CCCN(Cc2ccccc2)C(=O)[C@H]2CN([C@@H]3c4ccc(Cl)cc4CCc4cccnc43)CCN2)cn1. The molecule has 41 heavy (non-hydrogen) atoms. The number of pyridine rings is 1. The van der Waals surface area contributed by atoms with E-state index in [-0.39, 0.29) is 18.0 Å². The number of fused-ring (bicyclic) bond motifs is 2. The van der Waals surface area contributed by atoms with Crippen molar-refractivity contribution in [2.45, 2.75) is 51.4 Å². The van der Waals surface area contributed by atoms with Gasteiger partial charge in [0.25, 0.3) is 0 Å².